The highest BCUT2D eigenvalue weighted by molar-refractivity contribution is 6.23. The minimum absolute atomic E-state index is 0.878. The number of aliphatic imine (C=N–C) groups is 2. The van der Waals surface area contributed by atoms with Gasteiger partial charge in [-0.3, -0.25) is 0 Å². The van der Waals surface area contributed by atoms with E-state index in [1.54, 1.807) is 0 Å². The molecule has 0 atom stereocenters. The van der Waals surface area contributed by atoms with Gasteiger partial charge in [0, 0.05) is 22.3 Å². The number of para-hydroxylation sites is 2. The Hall–Kier alpha value is -6.90. The molecule has 8 aromatic rings. The zero-order valence-electron chi connectivity index (χ0n) is 28.5. The first-order valence-electron chi connectivity index (χ1n) is 17.7. The van der Waals surface area contributed by atoms with Crippen molar-refractivity contribution in [2.45, 2.75) is 0 Å². The summed E-state index contributed by atoms with van der Waals surface area (Å²) in [5, 5.41) is 0. The maximum absolute atomic E-state index is 5.55. The van der Waals surface area contributed by atoms with Crippen molar-refractivity contribution in [3.05, 3.63) is 229 Å². The van der Waals surface area contributed by atoms with Gasteiger partial charge in [-0.15, -0.1) is 0 Å². The minimum Gasteiger partial charge on any atom is -0.247 e. The van der Waals surface area contributed by atoms with Crippen molar-refractivity contribution in [3.63, 3.8) is 0 Å². The zero-order valence-corrected chi connectivity index (χ0v) is 28.5. The van der Waals surface area contributed by atoms with Gasteiger partial charge in [0.1, 0.15) is 0 Å². The summed E-state index contributed by atoms with van der Waals surface area (Å²) in [5.74, 6) is 0. The minimum atomic E-state index is 0.878. The highest BCUT2D eigenvalue weighted by atomic mass is 14.8. The summed E-state index contributed by atoms with van der Waals surface area (Å²) in [6, 6.07) is 72.8. The Kier molecular flexibility index (Phi) is 8.24. The molecule has 0 unspecified atom stereocenters. The van der Waals surface area contributed by atoms with E-state index >= 15 is 0 Å². The molecule has 0 bridgehead atoms. The Labute approximate surface area is 304 Å². The SMILES string of the molecule is c1ccc(-c2cc(/C3=N/c4ccccc4/C(c4cc(-c5ccccc5)cc(-c5ccccc5)c4)=N\c4ccccc43)cc(-c3ccccc3)c2)cc1. The van der Waals surface area contributed by atoms with Crippen LogP contribution in [0.3, 0.4) is 0 Å². The Morgan fingerprint density at radius 1 is 0.212 bits per heavy atom. The van der Waals surface area contributed by atoms with Crippen molar-refractivity contribution >= 4 is 22.8 Å². The van der Waals surface area contributed by atoms with Crippen LogP contribution in [0.5, 0.6) is 0 Å². The summed E-state index contributed by atoms with van der Waals surface area (Å²) in [4.78, 5) is 11.1. The van der Waals surface area contributed by atoms with Crippen molar-refractivity contribution in [2.75, 3.05) is 0 Å². The zero-order chi connectivity index (χ0) is 34.7. The van der Waals surface area contributed by atoms with Gasteiger partial charge in [-0.1, -0.05) is 158 Å². The molecule has 0 spiro atoms. The Balaban J connectivity index is 1.27. The van der Waals surface area contributed by atoms with Crippen LogP contribution in [0.2, 0.25) is 0 Å². The standard InChI is InChI=1S/C50H34N2/c1-5-17-35(18-6-1)39-29-40(36-19-7-2-8-20-36)32-43(31-39)49-45-25-13-15-27-47(45)52-50(46-26-14-16-28-48(46)51-49)44-33-41(37-21-9-3-10-22-37)30-42(34-44)38-23-11-4-12-24-38/h1-34H/b49-45?,50-46?,51-48?,51-49-,52-47?,52-50-. The van der Waals surface area contributed by atoms with E-state index in [4.69, 9.17) is 9.98 Å². The highest BCUT2D eigenvalue weighted by Crippen LogP contribution is 2.37. The Morgan fingerprint density at radius 2 is 0.462 bits per heavy atom. The van der Waals surface area contributed by atoms with Crippen LogP contribution in [0.1, 0.15) is 22.3 Å². The predicted octanol–water partition coefficient (Wildman–Crippen LogP) is 13.0. The molecule has 0 saturated carbocycles. The molecular weight excluding hydrogens is 629 g/mol. The fraction of sp³-hybridized carbons (Fsp3) is 0. The van der Waals surface area contributed by atoms with Gasteiger partial charge in [-0.2, -0.15) is 0 Å². The second kappa shape index (κ2) is 13.8. The van der Waals surface area contributed by atoms with E-state index in [1.807, 2.05) is 0 Å². The van der Waals surface area contributed by atoms with Crippen molar-refractivity contribution in [1.82, 2.24) is 0 Å². The summed E-state index contributed by atoms with van der Waals surface area (Å²) in [6.07, 6.45) is 0. The predicted molar refractivity (Wildman–Crippen MR) is 218 cm³/mol. The van der Waals surface area contributed by atoms with Crippen molar-refractivity contribution in [1.29, 1.82) is 0 Å². The lowest BCUT2D eigenvalue weighted by Gasteiger charge is -2.20. The van der Waals surface area contributed by atoms with Gasteiger partial charge in [0.05, 0.1) is 22.8 Å². The first-order valence-corrected chi connectivity index (χ1v) is 17.7. The van der Waals surface area contributed by atoms with E-state index < -0.39 is 0 Å². The van der Waals surface area contributed by atoms with Gasteiger partial charge < -0.3 is 0 Å². The molecule has 0 amide bonds. The molecule has 244 valence electrons. The number of fused-ring (bicyclic) bond motifs is 2. The monoisotopic (exact) mass is 662 g/mol. The van der Waals surface area contributed by atoms with Crippen LogP contribution in [-0.2, 0) is 0 Å². The van der Waals surface area contributed by atoms with Gasteiger partial charge in [0.2, 0.25) is 0 Å². The number of rotatable bonds is 6. The Bertz CT molecular complexity index is 2290. The van der Waals surface area contributed by atoms with Crippen LogP contribution in [0.25, 0.3) is 44.5 Å². The molecule has 0 radical (unpaired) electrons. The molecular formula is C50H34N2. The van der Waals surface area contributed by atoms with Gasteiger partial charge in [-0.25, -0.2) is 9.98 Å². The summed E-state index contributed by atoms with van der Waals surface area (Å²) in [5.41, 5.74) is 16.8. The molecule has 9 rings (SSSR count). The molecule has 0 saturated heterocycles. The molecule has 1 heterocycles. The normalized spacial score (nSPS) is 14.1. The largest absolute Gasteiger partial charge is 0.247 e. The third kappa shape index (κ3) is 6.19. The first kappa shape index (κ1) is 31.1. The van der Waals surface area contributed by atoms with Crippen molar-refractivity contribution < 1.29 is 0 Å². The van der Waals surface area contributed by atoms with Gasteiger partial charge >= 0.3 is 0 Å². The lowest BCUT2D eigenvalue weighted by atomic mass is 9.90. The van der Waals surface area contributed by atoms with E-state index in [-0.39, 0.29) is 0 Å². The van der Waals surface area contributed by atoms with Gasteiger partial charge in [-0.05, 0) is 93.0 Å². The topological polar surface area (TPSA) is 24.7 Å². The second-order valence-corrected chi connectivity index (χ2v) is 13.0. The summed E-state index contributed by atoms with van der Waals surface area (Å²) >= 11 is 0. The molecule has 2 heteroatoms. The lowest BCUT2D eigenvalue weighted by molar-refractivity contribution is 1.39. The molecule has 1 aliphatic rings. The second-order valence-electron chi connectivity index (χ2n) is 13.0. The highest BCUT2D eigenvalue weighted by Gasteiger charge is 2.22. The summed E-state index contributed by atoms with van der Waals surface area (Å²) < 4.78 is 0. The van der Waals surface area contributed by atoms with E-state index in [0.717, 1.165) is 89.6 Å². The quantitative estimate of drug-likeness (QED) is 0.169. The van der Waals surface area contributed by atoms with E-state index in [2.05, 4.69) is 206 Å². The first-order chi connectivity index (χ1) is 25.8. The summed E-state index contributed by atoms with van der Waals surface area (Å²) in [7, 11) is 0. The molecule has 1 aliphatic heterocycles. The van der Waals surface area contributed by atoms with Crippen LogP contribution in [0.15, 0.2) is 216 Å². The molecule has 52 heavy (non-hydrogen) atoms. The molecule has 0 N–H and O–H groups in total. The average molecular weight is 663 g/mol. The molecule has 0 aromatic heterocycles. The third-order valence-electron chi connectivity index (χ3n) is 9.62. The van der Waals surface area contributed by atoms with Gasteiger partial charge in [0.15, 0.2) is 0 Å². The molecule has 2 nitrogen and oxygen atoms in total. The van der Waals surface area contributed by atoms with Crippen LogP contribution in [0.4, 0.5) is 11.4 Å². The smallest absolute Gasteiger partial charge is 0.0803 e. The van der Waals surface area contributed by atoms with E-state index in [1.165, 1.54) is 0 Å². The fourth-order valence-corrected chi connectivity index (χ4v) is 7.06. The number of nitrogens with zero attached hydrogens (tertiary/aromatic N) is 2. The lowest BCUT2D eigenvalue weighted by Crippen LogP contribution is -2.11. The molecule has 0 aliphatic carbocycles. The number of benzene rings is 8. The molecule has 0 fully saturated rings. The maximum Gasteiger partial charge on any atom is 0.0803 e. The third-order valence-corrected chi connectivity index (χ3v) is 9.62. The van der Waals surface area contributed by atoms with Crippen molar-refractivity contribution in [2.24, 2.45) is 9.98 Å². The van der Waals surface area contributed by atoms with Gasteiger partial charge in [0.25, 0.3) is 0 Å². The molecule has 8 aromatic carbocycles. The van der Waals surface area contributed by atoms with Crippen LogP contribution in [-0.4, -0.2) is 11.4 Å². The Morgan fingerprint density at radius 3 is 0.769 bits per heavy atom. The van der Waals surface area contributed by atoms with Crippen LogP contribution < -0.4 is 0 Å². The van der Waals surface area contributed by atoms with E-state index in [9.17, 15) is 0 Å². The fourth-order valence-electron chi connectivity index (χ4n) is 7.06. The van der Waals surface area contributed by atoms with Crippen LogP contribution >= 0.6 is 0 Å². The van der Waals surface area contributed by atoms with E-state index in [0.29, 0.717) is 0 Å². The van der Waals surface area contributed by atoms with Crippen LogP contribution in [0, 0.1) is 0 Å². The maximum atomic E-state index is 5.55. The number of hydrogen-bond donors (Lipinski definition) is 0. The van der Waals surface area contributed by atoms with Crippen molar-refractivity contribution in [3.8, 4) is 44.5 Å². The summed E-state index contributed by atoms with van der Waals surface area (Å²) in [6.45, 7) is 0. The number of hydrogen-bond acceptors (Lipinski definition) is 2. The average Bonchev–Trinajstić information content (AvgIpc) is 3.22.